The first-order valence-corrected chi connectivity index (χ1v) is 6.22. The molecule has 0 bridgehead atoms. The van der Waals surface area contributed by atoms with Crippen molar-refractivity contribution in [2.45, 2.75) is 32.7 Å². The molecular formula is C14H22ClNO2. The van der Waals surface area contributed by atoms with Gasteiger partial charge in [-0.15, -0.1) is 12.4 Å². The third-order valence-electron chi connectivity index (χ3n) is 2.92. The number of hydrogen-bond donors (Lipinski definition) is 1. The van der Waals surface area contributed by atoms with Crippen LogP contribution >= 0.6 is 12.4 Å². The van der Waals surface area contributed by atoms with E-state index < -0.39 is 12.0 Å². The quantitative estimate of drug-likeness (QED) is 0.827. The van der Waals surface area contributed by atoms with E-state index in [0.29, 0.717) is 0 Å². The van der Waals surface area contributed by atoms with E-state index in [0.717, 1.165) is 31.5 Å². The number of likely N-dealkylation sites (N-methyl/N-ethyl adjacent to an activating group) is 1. The lowest BCUT2D eigenvalue weighted by Crippen LogP contribution is -2.34. The molecule has 1 aromatic rings. The number of nitrogens with zero attached hydrogens (tertiary/aromatic N) is 1. The van der Waals surface area contributed by atoms with Gasteiger partial charge in [-0.25, -0.2) is 0 Å². The van der Waals surface area contributed by atoms with Crippen molar-refractivity contribution < 1.29 is 9.90 Å². The van der Waals surface area contributed by atoms with Gasteiger partial charge in [-0.3, -0.25) is 9.69 Å². The van der Waals surface area contributed by atoms with Crippen LogP contribution in [0.3, 0.4) is 0 Å². The number of aliphatic carboxylic acids is 1. The van der Waals surface area contributed by atoms with Crippen LogP contribution in [0, 0.1) is 0 Å². The fourth-order valence-electron chi connectivity index (χ4n) is 1.98. The number of carboxylic acids is 1. The van der Waals surface area contributed by atoms with Gasteiger partial charge in [0.1, 0.15) is 6.04 Å². The van der Waals surface area contributed by atoms with E-state index in [-0.39, 0.29) is 12.4 Å². The number of rotatable bonds is 7. The van der Waals surface area contributed by atoms with Crippen LogP contribution in [0.5, 0.6) is 0 Å². The summed E-state index contributed by atoms with van der Waals surface area (Å²) in [5.74, 6) is -0.769. The maximum absolute atomic E-state index is 11.4. The standard InChI is InChI=1S/C14H21NO2.ClH/c1-3-5-11-15(4-2)13(14(16)17)12-9-7-6-8-10-12;/h6-10,13H,3-5,11H2,1-2H3,(H,16,17);1H. The van der Waals surface area contributed by atoms with E-state index in [4.69, 9.17) is 0 Å². The predicted octanol–water partition coefficient (Wildman–Crippen LogP) is 3.36. The Hall–Kier alpha value is -1.06. The minimum atomic E-state index is -0.769. The fourth-order valence-corrected chi connectivity index (χ4v) is 1.98. The fraction of sp³-hybridized carbons (Fsp3) is 0.500. The van der Waals surface area contributed by atoms with Crippen LogP contribution in [0.1, 0.15) is 38.3 Å². The summed E-state index contributed by atoms with van der Waals surface area (Å²) >= 11 is 0. The molecule has 0 amide bonds. The summed E-state index contributed by atoms with van der Waals surface area (Å²) < 4.78 is 0. The Bertz CT molecular complexity index is 343. The van der Waals surface area contributed by atoms with Gasteiger partial charge in [0.25, 0.3) is 0 Å². The first-order chi connectivity index (χ1) is 8.20. The molecule has 1 rings (SSSR count). The third-order valence-corrected chi connectivity index (χ3v) is 2.92. The molecule has 0 heterocycles. The van der Waals surface area contributed by atoms with E-state index in [1.807, 2.05) is 42.2 Å². The van der Waals surface area contributed by atoms with Crippen molar-refractivity contribution in [1.29, 1.82) is 0 Å². The second kappa shape index (κ2) is 8.95. The van der Waals surface area contributed by atoms with Crippen molar-refractivity contribution in [3.8, 4) is 0 Å². The molecule has 0 radical (unpaired) electrons. The molecule has 1 atom stereocenters. The SMILES string of the molecule is CCCCN(CC)C(C(=O)O)c1ccccc1.Cl. The smallest absolute Gasteiger partial charge is 0.325 e. The Kier molecular flexibility index (Phi) is 8.42. The molecule has 0 fully saturated rings. The van der Waals surface area contributed by atoms with Gasteiger partial charge in [0.2, 0.25) is 0 Å². The molecule has 1 unspecified atom stereocenters. The molecular weight excluding hydrogens is 250 g/mol. The van der Waals surface area contributed by atoms with Crippen molar-refractivity contribution >= 4 is 18.4 Å². The number of hydrogen-bond acceptors (Lipinski definition) is 2. The lowest BCUT2D eigenvalue weighted by atomic mass is 10.1. The summed E-state index contributed by atoms with van der Waals surface area (Å²) in [6.07, 6.45) is 2.11. The Morgan fingerprint density at radius 2 is 1.89 bits per heavy atom. The Labute approximate surface area is 115 Å². The maximum atomic E-state index is 11.4. The third kappa shape index (κ3) is 4.67. The minimum Gasteiger partial charge on any atom is -0.480 e. The van der Waals surface area contributed by atoms with Crippen LogP contribution in [0.4, 0.5) is 0 Å². The number of halogens is 1. The molecule has 1 N–H and O–H groups in total. The van der Waals surface area contributed by atoms with Gasteiger partial charge in [-0.1, -0.05) is 50.6 Å². The van der Waals surface area contributed by atoms with E-state index in [1.54, 1.807) is 0 Å². The average molecular weight is 272 g/mol. The van der Waals surface area contributed by atoms with E-state index >= 15 is 0 Å². The molecule has 4 heteroatoms. The summed E-state index contributed by atoms with van der Waals surface area (Å²) in [5, 5.41) is 9.39. The van der Waals surface area contributed by atoms with Crippen LogP contribution in [-0.2, 0) is 4.79 Å². The highest BCUT2D eigenvalue weighted by Gasteiger charge is 2.25. The zero-order chi connectivity index (χ0) is 12.7. The van der Waals surface area contributed by atoms with Crippen molar-refractivity contribution in [2.24, 2.45) is 0 Å². The molecule has 0 saturated carbocycles. The molecule has 0 aliphatic carbocycles. The highest BCUT2D eigenvalue weighted by molar-refractivity contribution is 5.85. The van der Waals surface area contributed by atoms with Crippen molar-refractivity contribution in [3.63, 3.8) is 0 Å². The average Bonchev–Trinajstić information content (AvgIpc) is 2.35. The molecule has 1 aromatic carbocycles. The van der Waals surface area contributed by atoms with Crippen LogP contribution in [0.25, 0.3) is 0 Å². The molecule has 0 aliphatic rings. The number of carbonyl (C=O) groups is 1. The van der Waals surface area contributed by atoms with Crippen LogP contribution in [-0.4, -0.2) is 29.1 Å². The normalized spacial score (nSPS) is 11.9. The van der Waals surface area contributed by atoms with Gasteiger partial charge in [0, 0.05) is 0 Å². The number of carboxylic acid groups (broad SMARTS) is 1. The monoisotopic (exact) mass is 271 g/mol. The Balaban J connectivity index is 0.00000289. The molecule has 102 valence electrons. The minimum absolute atomic E-state index is 0. The molecule has 0 spiro atoms. The highest BCUT2D eigenvalue weighted by atomic mass is 35.5. The van der Waals surface area contributed by atoms with Gasteiger partial charge in [0.15, 0.2) is 0 Å². The van der Waals surface area contributed by atoms with Gasteiger partial charge >= 0.3 is 5.97 Å². The Morgan fingerprint density at radius 3 is 2.33 bits per heavy atom. The van der Waals surface area contributed by atoms with Crippen molar-refractivity contribution in [1.82, 2.24) is 4.90 Å². The molecule has 18 heavy (non-hydrogen) atoms. The molecule has 0 saturated heterocycles. The van der Waals surface area contributed by atoms with Gasteiger partial charge in [-0.05, 0) is 25.1 Å². The van der Waals surface area contributed by atoms with E-state index in [9.17, 15) is 9.90 Å². The van der Waals surface area contributed by atoms with Crippen molar-refractivity contribution in [3.05, 3.63) is 35.9 Å². The molecule has 3 nitrogen and oxygen atoms in total. The zero-order valence-electron chi connectivity index (χ0n) is 11.0. The predicted molar refractivity (Wildman–Crippen MR) is 76.2 cm³/mol. The topological polar surface area (TPSA) is 40.5 Å². The maximum Gasteiger partial charge on any atom is 0.325 e. The molecule has 0 aliphatic heterocycles. The lowest BCUT2D eigenvalue weighted by molar-refractivity contribution is -0.143. The molecule has 0 aromatic heterocycles. The van der Waals surface area contributed by atoms with Crippen LogP contribution in [0.15, 0.2) is 30.3 Å². The zero-order valence-corrected chi connectivity index (χ0v) is 11.8. The first-order valence-electron chi connectivity index (χ1n) is 6.22. The first kappa shape index (κ1) is 16.9. The lowest BCUT2D eigenvalue weighted by Gasteiger charge is -2.27. The van der Waals surface area contributed by atoms with Crippen molar-refractivity contribution in [2.75, 3.05) is 13.1 Å². The van der Waals surface area contributed by atoms with E-state index in [1.165, 1.54) is 0 Å². The van der Waals surface area contributed by atoms with Crippen LogP contribution < -0.4 is 0 Å². The highest BCUT2D eigenvalue weighted by Crippen LogP contribution is 2.21. The summed E-state index contributed by atoms with van der Waals surface area (Å²) in [7, 11) is 0. The summed E-state index contributed by atoms with van der Waals surface area (Å²) in [6.45, 7) is 5.71. The summed E-state index contributed by atoms with van der Waals surface area (Å²) in [6, 6.07) is 8.93. The number of benzene rings is 1. The van der Waals surface area contributed by atoms with E-state index in [2.05, 4.69) is 6.92 Å². The Morgan fingerprint density at radius 1 is 1.28 bits per heavy atom. The van der Waals surface area contributed by atoms with Gasteiger partial charge in [-0.2, -0.15) is 0 Å². The van der Waals surface area contributed by atoms with Gasteiger partial charge in [0.05, 0.1) is 0 Å². The van der Waals surface area contributed by atoms with Gasteiger partial charge < -0.3 is 5.11 Å². The van der Waals surface area contributed by atoms with Crippen LogP contribution in [0.2, 0.25) is 0 Å². The summed E-state index contributed by atoms with van der Waals surface area (Å²) in [4.78, 5) is 13.4. The largest absolute Gasteiger partial charge is 0.480 e. The summed E-state index contributed by atoms with van der Waals surface area (Å²) in [5.41, 5.74) is 0.859. The second-order valence-electron chi connectivity index (χ2n) is 4.13. The number of unbranched alkanes of at least 4 members (excludes halogenated alkanes) is 1. The second-order valence-corrected chi connectivity index (χ2v) is 4.13.